The fourth-order valence-electron chi connectivity index (χ4n) is 10.1. The molecular weight excluding hydrogens is 875 g/mol. The number of hydrogen-bond acceptors (Lipinski definition) is 5. The highest BCUT2D eigenvalue weighted by atomic mass is 16.5. The molecule has 1 amide bonds. The minimum Gasteiger partial charge on any atom is -0.466 e. The predicted molar refractivity (Wildman–Crippen MR) is 310 cm³/mol. The molecule has 0 saturated heterocycles. The number of unbranched alkanes of at least 4 members (excludes halogenated alkanes) is 45. The van der Waals surface area contributed by atoms with E-state index >= 15 is 0 Å². The van der Waals surface area contributed by atoms with Crippen molar-refractivity contribution in [3.8, 4) is 0 Å². The second kappa shape index (κ2) is 60.9. The summed E-state index contributed by atoms with van der Waals surface area (Å²) in [5.74, 6) is -0.0327. The molecule has 2 atom stereocenters. The van der Waals surface area contributed by atoms with Crippen molar-refractivity contribution in [2.75, 3.05) is 13.2 Å². The molecule has 0 saturated carbocycles. The number of ether oxygens (including phenoxy) is 1. The molecule has 0 fully saturated rings. The Hall–Kier alpha value is -1.66. The van der Waals surface area contributed by atoms with E-state index in [1.807, 2.05) is 0 Å². The SMILES string of the molecule is CCCCC/C=C\C/C=C\CCCCCCCC(=O)OCCCCCCCCCCCCCCCCCCCCCCCCC(=O)NC(CO)C(O)CCCCCCCCCCCCCCCCCCC. The lowest BCUT2D eigenvalue weighted by atomic mass is 10.0. The predicted octanol–water partition coefficient (Wildman–Crippen LogP) is 20.2. The van der Waals surface area contributed by atoms with E-state index in [0.29, 0.717) is 25.9 Å². The molecule has 0 aromatic carbocycles. The normalized spacial score (nSPS) is 12.7. The first kappa shape index (κ1) is 69.3. The van der Waals surface area contributed by atoms with Crippen LogP contribution in [0, 0.1) is 0 Å². The van der Waals surface area contributed by atoms with Crippen molar-refractivity contribution < 1.29 is 24.5 Å². The molecule has 6 nitrogen and oxygen atoms in total. The van der Waals surface area contributed by atoms with Crippen LogP contribution in [0.2, 0.25) is 0 Å². The molecule has 0 heterocycles. The second-order valence-corrected chi connectivity index (χ2v) is 22.1. The topological polar surface area (TPSA) is 95.9 Å². The van der Waals surface area contributed by atoms with Gasteiger partial charge in [-0.25, -0.2) is 0 Å². The number of hydrogen-bond donors (Lipinski definition) is 3. The summed E-state index contributed by atoms with van der Waals surface area (Å²) in [6.07, 6.45) is 74.7. The van der Waals surface area contributed by atoms with Gasteiger partial charge in [-0.05, 0) is 57.8 Å². The average Bonchev–Trinajstić information content (AvgIpc) is 3.37. The number of rotatable bonds is 60. The Labute approximate surface area is 443 Å². The third kappa shape index (κ3) is 57.5. The molecular formula is C65H125NO5. The van der Waals surface area contributed by atoms with E-state index in [2.05, 4.69) is 43.5 Å². The summed E-state index contributed by atoms with van der Waals surface area (Å²) < 4.78 is 5.48. The summed E-state index contributed by atoms with van der Waals surface area (Å²) in [6, 6.07) is -0.542. The number of carbonyl (C=O) groups is 2. The van der Waals surface area contributed by atoms with Crippen molar-refractivity contribution in [1.82, 2.24) is 5.32 Å². The number of amides is 1. The van der Waals surface area contributed by atoms with Crippen molar-refractivity contribution in [3.63, 3.8) is 0 Å². The lowest BCUT2D eigenvalue weighted by molar-refractivity contribution is -0.143. The Balaban J connectivity index is 3.38. The number of esters is 1. The van der Waals surface area contributed by atoms with E-state index in [0.717, 1.165) is 51.4 Å². The van der Waals surface area contributed by atoms with Crippen LogP contribution in [-0.4, -0.2) is 47.4 Å². The lowest BCUT2D eigenvalue weighted by Crippen LogP contribution is -2.45. The summed E-state index contributed by atoms with van der Waals surface area (Å²) in [5.41, 5.74) is 0. The van der Waals surface area contributed by atoms with Gasteiger partial charge in [-0.1, -0.05) is 308 Å². The molecule has 6 heteroatoms. The average molecular weight is 1000 g/mol. The molecule has 0 bridgehead atoms. The molecule has 420 valence electrons. The van der Waals surface area contributed by atoms with Gasteiger partial charge >= 0.3 is 5.97 Å². The van der Waals surface area contributed by atoms with Crippen molar-refractivity contribution in [3.05, 3.63) is 24.3 Å². The summed E-state index contributed by atoms with van der Waals surface area (Å²) in [5, 5.41) is 23.3. The van der Waals surface area contributed by atoms with Crippen LogP contribution in [0.3, 0.4) is 0 Å². The van der Waals surface area contributed by atoms with E-state index < -0.39 is 12.1 Å². The van der Waals surface area contributed by atoms with Gasteiger partial charge in [0.15, 0.2) is 0 Å². The molecule has 71 heavy (non-hydrogen) atoms. The zero-order chi connectivity index (χ0) is 51.4. The van der Waals surface area contributed by atoms with Gasteiger partial charge in [0.1, 0.15) is 0 Å². The van der Waals surface area contributed by atoms with Gasteiger partial charge in [-0.3, -0.25) is 9.59 Å². The van der Waals surface area contributed by atoms with Crippen LogP contribution < -0.4 is 5.32 Å². The monoisotopic (exact) mass is 1000 g/mol. The van der Waals surface area contributed by atoms with Gasteiger partial charge in [0, 0.05) is 12.8 Å². The van der Waals surface area contributed by atoms with Gasteiger partial charge < -0.3 is 20.3 Å². The molecule has 2 unspecified atom stereocenters. The van der Waals surface area contributed by atoms with Gasteiger partial charge in [-0.2, -0.15) is 0 Å². The maximum Gasteiger partial charge on any atom is 0.305 e. The summed E-state index contributed by atoms with van der Waals surface area (Å²) in [6.45, 7) is 4.94. The highest BCUT2D eigenvalue weighted by molar-refractivity contribution is 5.76. The quantitative estimate of drug-likeness (QED) is 0.0320. The standard InChI is InChI=1S/C65H125NO5/c1-3-5-7-9-11-13-15-17-19-26-30-33-37-41-45-49-53-57-63(68)62(61-67)66-64(69)58-54-50-46-42-38-34-31-27-24-22-20-21-23-25-28-32-36-40-44-48-52-56-60-71-65(70)59-55-51-47-43-39-35-29-18-16-14-12-10-8-6-4-2/h12,14,18,29,62-63,67-68H,3-11,13,15-17,19-28,30-61H2,1-2H3,(H,66,69)/b14-12-,29-18-. The van der Waals surface area contributed by atoms with Crippen LogP contribution in [0.4, 0.5) is 0 Å². The Morgan fingerprint density at radius 3 is 1.10 bits per heavy atom. The highest BCUT2D eigenvalue weighted by Gasteiger charge is 2.20. The number of nitrogens with one attached hydrogen (secondary N) is 1. The van der Waals surface area contributed by atoms with Crippen LogP contribution in [0.1, 0.15) is 354 Å². The molecule has 0 spiro atoms. The maximum absolute atomic E-state index is 12.5. The Morgan fingerprint density at radius 2 is 0.704 bits per heavy atom. The molecule has 0 aromatic heterocycles. The fourth-order valence-corrected chi connectivity index (χ4v) is 10.1. The minimum atomic E-state index is -0.665. The lowest BCUT2D eigenvalue weighted by Gasteiger charge is -2.22. The molecule has 0 radical (unpaired) electrons. The molecule has 0 aliphatic heterocycles. The number of carbonyl (C=O) groups excluding carboxylic acids is 2. The van der Waals surface area contributed by atoms with Crippen LogP contribution in [0.25, 0.3) is 0 Å². The molecule has 0 aromatic rings. The number of aliphatic hydroxyl groups excluding tert-OH is 2. The zero-order valence-corrected chi connectivity index (χ0v) is 48.0. The fraction of sp³-hybridized carbons (Fsp3) is 0.908. The second-order valence-electron chi connectivity index (χ2n) is 22.1. The first-order valence-electron chi connectivity index (χ1n) is 32.1. The Bertz CT molecular complexity index is 1110. The number of allylic oxidation sites excluding steroid dienone is 4. The largest absolute Gasteiger partial charge is 0.466 e. The third-order valence-corrected chi connectivity index (χ3v) is 15.0. The van der Waals surface area contributed by atoms with Crippen LogP contribution in [0.5, 0.6) is 0 Å². The molecule has 0 aliphatic carbocycles. The van der Waals surface area contributed by atoms with E-state index in [9.17, 15) is 19.8 Å². The van der Waals surface area contributed by atoms with Gasteiger partial charge in [-0.15, -0.1) is 0 Å². The van der Waals surface area contributed by atoms with Crippen molar-refractivity contribution in [2.24, 2.45) is 0 Å². The first-order valence-corrected chi connectivity index (χ1v) is 32.1. The van der Waals surface area contributed by atoms with Crippen molar-refractivity contribution >= 4 is 11.9 Å². The Morgan fingerprint density at radius 1 is 0.394 bits per heavy atom. The van der Waals surface area contributed by atoms with Crippen molar-refractivity contribution in [1.29, 1.82) is 0 Å². The van der Waals surface area contributed by atoms with Gasteiger partial charge in [0.05, 0.1) is 25.4 Å². The minimum absolute atomic E-state index is 0.000174. The smallest absolute Gasteiger partial charge is 0.305 e. The van der Waals surface area contributed by atoms with E-state index in [1.165, 1.54) is 270 Å². The Kier molecular flexibility index (Phi) is 59.5. The summed E-state index contributed by atoms with van der Waals surface area (Å²) in [4.78, 5) is 24.6. The summed E-state index contributed by atoms with van der Waals surface area (Å²) in [7, 11) is 0. The van der Waals surface area contributed by atoms with E-state index in [-0.39, 0.29) is 18.5 Å². The van der Waals surface area contributed by atoms with E-state index in [4.69, 9.17) is 4.74 Å². The maximum atomic E-state index is 12.5. The van der Waals surface area contributed by atoms with Crippen LogP contribution in [-0.2, 0) is 14.3 Å². The van der Waals surface area contributed by atoms with E-state index in [1.54, 1.807) is 0 Å². The summed E-state index contributed by atoms with van der Waals surface area (Å²) >= 11 is 0. The molecule has 0 rings (SSSR count). The number of aliphatic hydroxyl groups is 2. The molecule has 3 N–H and O–H groups in total. The highest BCUT2D eigenvalue weighted by Crippen LogP contribution is 2.18. The van der Waals surface area contributed by atoms with Gasteiger partial charge in [0.25, 0.3) is 0 Å². The van der Waals surface area contributed by atoms with Crippen LogP contribution >= 0.6 is 0 Å². The van der Waals surface area contributed by atoms with Gasteiger partial charge in [0.2, 0.25) is 5.91 Å². The first-order chi connectivity index (χ1) is 35.0. The third-order valence-electron chi connectivity index (χ3n) is 15.0. The van der Waals surface area contributed by atoms with Crippen LogP contribution in [0.15, 0.2) is 24.3 Å². The zero-order valence-electron chi connectivity index (χ0n) is 48.0. The van der Waals surface area contributed by atoms with Crippen molar-refractivity contribution in [2.45, 2.75) is 366 Å². The molecule has 0 aliphatic rings.